The van der Waals surface area contributed by atoms with Crippen molar-refractivity contribution >= 4 is 17.1 Å². The molecule has 59 heavy (non-hydrogen) atoms. The Morgan fingerprint density at radius 2 is 0.712 bits per heavy atom. The maximum Gasteiger partial charge on any atom is 0.0714 e. The van der Waals surface area contributed by atoms with E-state index in [4.69, 9.17) is 0 Å². The Morgan fingerprint density at radius 3 is 1.32 bits per heavy atom. The molecule has 2 aliphatic rings. The van der Waals surface area contributed by atoms with Crippen molar-refractivity contribution in [2.45, 2.75) is 24.7 Å². The molecule has 0 radical (unpaired) electrons. The molecule has 0 unspecified atom stereocenters. The van der Waals surface area contributed by atoms with Gasteiger partial charge in [-0.05, 0) is 120 Å². The minimum atomic E-state index is -0.495. The van der Waals surface area contributed by atoms with Gasteiger partial charge in [0.1, 0.15) is 0 Å². The van der Waals surface area contributed by atoms with Crippen LogP contribution in [0.4, 0.5) is 17.1 Å². The van der Waals surface area contributed by atoms with Crippen LogP contribution in [0.25, 0.3) is 44.5 Å². The van der Waals surface area contributed by atoms with Gasteiger partial charge in [-0.25, -0.2) is 0 Å². The van der Waals surface area contributed by atoms with Crippen LogP contribution in [0.3, 0.4) is 0 Å². The van der Waals surface area contributed by atoms with Crippen LogP contribution >= 0.6 is 0 Å². The normalized spacial score (nSPS) is 13.9. The van der Waals surface area contributed by atoms with Gasteiger partial charge in [0.2, 0.25) is 0 Å². The number of hydrogen-bond acceptors (Lipinski definition) is 1. The molecule has 0 fully saturated rings. The van der Waals surface area contributed by atoms with Crippen molar-refractivity contribution in [2.75, 3.05) is 4.90 Å². The van der Waals surface area contributed by atoms with E-state index in [-0.39, 0.29) is 5.41 Å². The van der Waals surface area contributed by atoms with E-state index in [1.165, 1.54) is 77.9 Å². The molecule has 0 saturated heterocycles. The zero-order chi connectivity index (χ0) is 39.6. The Balaban J connectivity index is 1.11. The first-order chi connectivity index (χ1) is 29.0. The highest BCUT2D eigenvalue weighted by Crippen LogP contribution is 2.58. The summed E-state index contributed by atoms with van der Waals surface area (Å²) in [4.78, 5) is 2.47. The number of nitrogens with zero attached hydrogens (tertiary/aromatic N) is 1. The number of rotatable bonds is 7. The maximum absolute atomic E-state index is 2.47. The smallest absolute Gasteiger partial charge is 0.0714 e. The van der Waals surface area contributed by atoms with Crippen LogP contribution in [0.2, 0.25) is 0 Å². The topological polar surface area (TPSA) is 3.24 Å². The molecule has 11 rings (SSSR count). The summed E-state index contributed by atoms with van der Waals surface area (Å²) in [6.45, 7) is 4.73. The van der Waals surface area contributed by atoms with Gasteiger partial charge in [-0.1, -0.05) is 196 Å². The molecule has 0 aliphatic heterocycles. The highest BCUT2D eigenvalue weighted by Gasteiger charge is 2.46. The minimum Gasteiger partial charge on any atom is -0.310 e. The van der Waals surface area contributed by atoms with E-state index in [0.717, 1.165) is 17.1 Å². The highest BCUT2D eigenvalue weighted by atomic mass is 15.1. The lowest BCUT2D eigenvalue weighted by Gasteiger charge is -2.35. The second-order valence-electron chi connectivity index (χ2n) is 16.5. The lowest BCUT2D eigenvalue weighted by atomic mass is 9.67. The minimum absolute atomic E-state index is 0.128. The van der Waals surface area contributed by atoms with Crippen LogP contribution < -0.4 is 4.90 Å². The van der Waals surface area contributed by atoms with Crippen molar-refractivity contribution in [3.8, 4) is 44.5 Å². The summed E-state index contributed by atoms with van der Waals surface area (Å²) >= 11 is 0. The summed E-state index contributed by atoms with van der Waals surface area (Å²) in [5, 5.41) is 0. The van der Waals surface area contributed by atoms with E-state index >= 15 is 0 Å². The number of fused-ring (bicyclic) bond motifs is 6. The van der Waals surface area contributed by atoms with E-state index in [1.54, 1.807) is 0 Å². The van der Waals surface area contributed by atoms with Crippen LogP contribution in [0.5, 0.6) is 0 Å². The van der Waals surface area contributed by atoms with Gasteiger partial charge in [0.05, 0.1) is 5.41 Å². The number of anilines is 3. The van der Waals surface area contributed by atoms with E-state index in [0.29, 0.717) is 0 Å². The molecule has 2 aliphatic carbocycles. The molecule has 0 amide bonds. The summed E-state index contributed by atoms with van der Waals surface area (Å²) in [6.07, 6.45) is 0. The molecule has 1 heteroatoms. The first kappa shape index (κ1) is 35.0. The molecular formula is C58H43N. The van der Waals surface area contributed by atoms with Gasteiger partial charge in [0.15, 0.2) is 0 Å². The van der Waals surface area contributed by atoms with Crippen molar-refractivity contribution in [3.63, 3.8) is 0 Å². The molecule has 280 valence electrons. The first-order valence-electron chi connectivity index (χ1n) is 20.7. The lowest BCUT2D eigenvalue weighted by Crippen LogP contribution is -2.28. The first-order valence-corrected chi connectivity index (χ1v) is 20.7. The van der Waals surface area contributed by atoms with Gasteiger partial charge in [-0.2, -0.15) is 0 Å². The average Bonchev–Trinajstić information content (AvgIpc) is 3.73. The average molecular weight is 754 g/mol. The van der Waals surface area contributed by atoms with Crippen molar-refractivity contribution in [3.05, 3.63) is 258 Å². The van der Waals surface area contributed by atoms with Crippen molar-refractivity contribution in [1.29, 1.82) is 0 Å². The Kier molecular flexibility index (Phi) is 8.13. The van der Waals surface area contributed by atoms with Gasteiger partial charge in [0.25, 0.3) is 0 Å². The molecule has 0 saturated carbocycles. The quantitative estimate of drug-likeness (QED) is 0.157. The molecule has 0 bridgehead atoms. The number of hydrogen-bond donors (Lipinski definition) is 0. The molecule has 0 heterocycles. The molecule has 0 N–H and O–H groups in total. The fourth-order valence-electron chi connectivity index (χ4n) is 10.2. The third-order valence-electron chi connectivity index (χ3n) is 13.0. The SMILES string of the molecule is CC1(C)c2ccccc2-c2ccc(N(c3ccc(-c4cccc(-c5ccccc5)c4)cc3)c3ccc4c(c3)C(c3ccccc3)(c3ccccc3)c3ccccc3-4)cc21. The molecular weight excluding hydrogens is 711 g/mol. The van der Waals surface area contributed by atoms with Crippen LogP contribution in [0, 0.1) is 0 Å². The molecule has 0 aromatic heterocycles. The largest absolute Gasteiger partial charge is 0.310 e. The molecule has 0 spiro atoms. The summed E-state index contributed by atoms with van der Waals surface area (Å²) in [6, 6.07) is 83.0. The van der Waals surface area contributed by atoms with Crippen molar-refractivity contribution in [2.24, 2.45) is 0 Å². The second kappa shape index (κ2) is 13.7. The monoisotopic (exact) mass is 753 g/mol. The Morgan fingerprint density at radius 1 is 0.288 bits per heavy atom. The standard InChI is InChI=1S/C58H43N/c1-57(2)53-27-14-12-25-49(53)51-35-33-47(38-55(51)57)59(46-31-29-41(30-32-46)43-20-16-19-42(37-43)40-17-6-3-7-18-40)48-34-36-52-50-26-13-15-28-54(50)58(56(52)39-48,44-21-8-4-9-22-44)45-23-10-5-11-24-45/h3-39H,1-2H3. The van der Waals surface area contributed by atoms with Crippen molar-refractivity contribution < 1.29 is 0 Å². The third kappa shape index (κ3) is 5.46. The zero-order valence-corrected chi connectivity index (χ0v) is 33.3. The fraction of sp³-hybridized carbons (Fsp3) is 0.0690. The summed E-state index contributed by atoms with van der Waals surface area (Å²) < 4.78 is 0. The molecule has 0 atom stereocenters. The Hall–Kier alpha value is -7.22. The van der Waals surface area contributed by atoms with E-state index in [1.807, 2.05) is 0 Å². The molecule has 9 aromatic carbocycles. The van der Waals surface area contributed by atoms with E-state index in [2.05, 4.69) is 243 Å². The Bertz CT molecular complexity index is 2960. The van der Waals surface area contributed by atoms with Gasteiger partial charge in [0, 0.05) is 22.5 Å². The molecule has 9 aromatic rings. The lowest BCUT2D eigenvalue weighted by molar-refractivity contribution is 0.660. The fourth-order valence-corrected chi connectivity index (χ4v) is 10.2. The van der Waals surface area contributed by atoms with Gasteiger partial charge >= 0.3 is 0 Å². The van der Waals surface area contributed by atoms with E-state index in [9.17, 15) is 0 Å². The van der Waals surface area contributed by atoms with Crippen LogP contribution in [-0.2, 0) is 10.8 Å². The summed E-state index contributed by atoms with van der Waals surface area (Å²) in [7, 11) is 0. The summed E-state index contributed by atoms with van der Waals surface area (Å²) in [5.41, 5.74) is 20.7. The Labute approximate surface area is 347 Å². The van der Waals surface area contributed by atoms with E-state index < -0.39 is 5.41 Å². The predicted octanol–water partition coefficient (Wildman–Crippen LogP) is 15.2. The predicted molar refractivity (Wildman–Crippen MR) is 247 cm³/mol. The van der Waals surface area contributed by atoms with Crippen LogP contribution in [0.1, 0.15) is 47.2 Å². The maximum atomic E-state index is 2.47. The van der Waals surface area contributed by atoms with Gasteiger partial charge in [-0.15, -0.1) is 0 Å². The van der Waals surface area contributed by atoms with Gasteiger partial charge in [-0.3, -0.25) is 0 Å². The second-order valence-corrected chi connectivity index (χ2v) is 16.5. The summed E-state index contributed by atoms with van der Waals surface area (Å²) in [5.74, 6) is 0. The van der Waals surface area contributed by atoms with Crippen molar-refractivity contribution in [1.82, 2.24) is 0 Å². The van der Waals surface area contributed by atoms with Gasteiger partial charge < -0.3 is 4.90 Å². The third-order valence-corrected chi connectivity index (χ3v) is 13.0. The molecule has 1 nitrogen and oxygen atoms in total. The van der Waals surface area contributed by atoms with Crippen LogP contribution in [0.15, 0.2) is 224 Å². The number of benzene rings is 9. The highest BCUT2D eigenvalue weighted by molar-refractivity contribution is 5.91. The van der Waals surface area contributed by atoms with Crippen LogP contribution in [-0.4, -0.2) is 0 Å². The zero-order valence-electron chi connectivity index (χ0n) is 33.3.